The van der Waals surface area contributed by atoms with Crippen LogP contribution in [0.25, 0.3) is 6.08 Å². The van der Waals surface area contributed by atoms with Crippen LogP contribution in [-0.2, 0) is 9.59 Å². The number of likely N-dealkylation sites (tertiary alicyclic amines) is 1. The second kappa shape index (κ2) is 5.97. The summed E-state index contributed by atoms with van der Waals surface area (Å²) in [6, 6.07) is 3.64. The highest BCUT2D eigenvalue weighted by Gasteiger charge is 2.37. The average Bonchev–Trinajstić information content (AvgIpc) is 2.82. The minimum absolute atomic E-state index is 0.0815. The molecule has 20 heavy (non-hydrogen) atoms. The van der Waals surface area contributed by atoms with Crippen LogP contribution in [0.4, 0.5) is 0 Å². The van der Waals surface area contributed by atoms with Crippen molar-refractivity contribution in [1.82, 2.24) is 4.90 Å². The molecule has 0 spiro atoms. The SMILES string of the molecule is CC1(C(=O)O)CCN(C(=O)C=Cc2ccc(Cl)s2)CC1. The quantitative estimate of drug-likeness (QED) is 0.872. The maximum absolute atomic E-state index is 12.0. The van der Waals surface area contributed by atoms with E-state index in [2.05, 4.69) is 0 Å². The normalized spacial score (nSPS) is 18.4. The molecule has 1 aliphatic rings. The van der Waals surface area contributed by atoms with Crippen molar-refractivity contribution in [1.29, 1.82) is 0 Å². The lowest BCUT2D eigenvalue weighted by Crippen LogP contribution is -2.44. The Balaban J connectivity index is 1.92. The van der Waals surface area contributed by atoms with Crippen molar-refractivity contribution in [2.45, 2.75) is 19.8 Å². The van der Waals surface area contributed by atoms with Gasteiger partial charge in [-0.2, -0.15) is 0 Å². The van der Waals surface area contributed by atoms with Gasteiger partial charge in [-0.3, -0.25) is 9.59 Å². The van der Waals surface area contributed by atoms with Gasteiger partial charge in [0.25, 0.3) is 0 Å². The van der Waals surface area contributed by atoms with Crippen LogP contribution in [-0.4, -0.2) is 35.0 Å². The second-order valence-corrected chi connectivity index (χ2v) is 6.91. The summed E-state index contributed by atoms with van der Waals surface area (Å²) < 4.78 is 0.687. The van der Waals surface area contributed by atoms with Gasteiger partial charge in [0, 0.05) is 24.0 Å². The first-order valence-corrected chi connectivity index (χ1v) is 7.56. The molecule has 0 radical (unpaired) electrons. The predicted molar refractivity (Wildman–Crippen MR) is 79.9 cm³/mol. The van der Waals surface area contributed by atoms with E-state index in [0.29, 0.717) is 30.3 Å². The third kappa shape index (κ3) is 3.41. The number of carboxylic acid groups (broad SMARTS) is 1. The topological polar surface area (TPSA) is 57.6 Å². The van der Waals surface area contributed by atoms with Crippen LogP contribution < -0.4 is 0 Å². The molecule has 2 rings (SSSR count). The van der Waals surface area contributed by atoms with Gasteiger partial charge in [-0.05, 0) is 38.0 Å². The Morgan fingerprint density at radius 1 is 1.40 bits per heavy atom. The smallest absolute Gasteiger partial charge is 0.309 e. The van der Waals surface area contributed by atoms with E-state index >= 15 is 0 Å². The Hall–Kier alpha value is -1.33. The molecule has 4 nitrogen and oxygen atoms in total. The molecular weight excluding hydrogens is 298 g/mol. The second-order valence-electron chi connectivity index (χ2n) is 5.17. The summed E-state index contributed by atoms with van der Waals surface area (Å²) >= 11 is 7.23. The molecule has 1 saturated heterocycles. The summed E-state index contributed by atoms with van der Waals surface area (Å²) in [5, 5.41) is 9.15. The number of piperidine rings is 1. The van der Waals surface area contributed by atoms with E-state index in [-0.39, 0.29) is 5.91 Å². The van der Waals surface area contributed by atoms with Gasteiger partial charge in [0.05, 0.1) is 9.75 Å². The fourth-order valence-corrected chi connectivity index (χ4v) is 3.07. The zero-order valence-corrected chi connectivity index (χ0v) is 12.7. The Labute approximate surface area is 126 Å². The van der Waals surface area contributed by atoms with Crippen molar-refractivity contribution in [2.75, 3.05) is 13.1 Å². The maximum atomic E-state index is 12.0. The van der Waals surface area contributed by atoms with Crippen LogP contribution in [0.2, 0.25) is 4.34 Å². The van der Waals surface area contributed by atoms with Crippen molar-refractivity contribution < 1.29 is 14.7 Å². The van der Waals surface area contributed by atoms with Crippen molar-refractivity contribution >= 4 is 40.9 Å². The number of thiophene rings is 1. The van der Waals surface area contributed by atoms with Crippen LogP contribution in [0.5, 0.6) is 0 Å². The first-order chi connectivity index (χ1) is 9.40. The third-order valence-corrected chi connectivity index (χ3v) is 4.88. The molecule has 1 N–H and O–H groups in total. The minimum atomic E-state index is -0.784. The number of carbonyl (C=O) groups excluding carboxylic acids is 1. The number of aliphatic carboxylic acids is 1. The molecule has 0 atom stereocenters. The molecule has 0 unspecified atom stereocenters. The Kier molecular flexibility index (Phi) is 4.50. The summed E-state index contributed by atoms with van der Waals surface area (Å²) in [4.78, 5) is 25.8. The number of halogens is 1. The number of amides is 1. The van der Waals surface area contributed by atoms with Crippen LogP contribution in [0.15, 0.2) is 18.2 Å². The molecule has 108 valence electrons. The molecule has 0 saturated carbocycles. The average molecular weight is 314 g/mol. The van der Waals surface area contributed by atoms with Crippen LogP contribution in [0.3, 0.4) is 0 Å². The van der Waals surface area contributed by atoms with Crippen LogP contribution >= 0.6 is 22.9 Å². The highest BCUT2D eigenvalue weighted by atomic mass is 35.5. The standard InChI is InChI=1S/C14H16ClNO3S/c1-14(13(18)19)6-8-16(9-7-14)12(17)5-3-10-2-4-11(15)20-10/h2-5H,6-9H2,1H3,(H,18,19). The van der Waals surface area contributed by atoms with E-state index in [1.165, 1.54) is 17.4 Å². The van der Waals surface area contributed by atoms with Gasteiger partial charge < -0.3 is 10.0 Å². The monoisotopic (exact) mass is 313 g/mol. The van der Waals surface area contributed by atoms with Gasteiger partial charge >= 0.3 is 5.97 Å². The van der Waals surface area contributed by atoms with Gasteiger partial charge in [0.1, 0.15) is 0 Å². The number of carboxylic acids is 1. The highest BCUT2D eigenvalue weighted by molar-refractivity contribution is 7.17. The molecule has 1 aromatic rings. The molecule has 0 aliphatic carbocycles. The lowest BCUT2D eigenvalue weighted by molar-refractivity contribution is -0.152. The molecule has 1 amide bonds. The Bertz CT molecular complexity index is 544. The van der Waals surface area contributed by atoms with E-state index in [0.717, 1.165) is 4.88 Å². The van der Waals surface area contributed by atoms with Gasteiger partial charge in [0.15, 0.2) is 0 Å². The Morgan fingerprint density at radius 2 is 2.05 bits per heavy atom. The summed E-state index contributed by atoms with van der Waals surface area (Å²) in [6.07, 6.45) is 4.24. The number of nitrogens with zero attached hydrogens (tertiary/aromatic N) is 1. The first-order valence-electron chi connectivity index (χ1n) is 6.36. The minimum Gasteiger partial charge on any atom is -0.481 e. The van der Waals surface area contributed by atoms with E-state index in [1.807, 2.05) is 6.07 Å². The molecular formula is C14H16ClNO3S. The zero-order valence-electron chi connectivity index (χ0n) is 11.1. The fraction of sp³-hybridized carbons (Fsp3) is 0.429. The van der Waals surface area contributed by atoms with Crippen LogP contribution in [0.1, 0.15) is 24.6 Å². The Morgan fingerprint density at radius 3 is 2.55 bits per heavy atom. The molecule has 6 heteroatoms. The number of carbonyl (C=O) groups is 2. The predicted octanol–water partition coefficient (Wildman–Crippen LogP) is 3.13. The number of rotatable bonds is 3. The molecule has 0 aromatic carbocycles. The number of hydrogen-bond acceptors (Lipinski definition) is 3. The molecule has 1 aromatic heterocycles. The zero-order chi connectivity index (χ0) is 14.8. The lowest BCUT2D eigenvalue weighted by Gasteiger charge is -2.35. The van der Waals surface area contributed by atoms with Crippen molar-refractivity contribution in [3.63, 3.8) is 0 Å². The lowest BCUT2D eigenvalue weighted by atomic mass is 9.80. The largest absolute Gasteiger partial charge is 0.481 e. The third-order valence-electron chi connectivity index (χ3n) is 3.68. The molecule has 1 aliphatic heterocycles. The molecule has 0 bridgehead atoms. The fourth-order valence-electron chi connectivity index (χ4n) is 2.11. The first kappa shape index (κ1) is 15.1. The van der Waals surface area contributed by atoms with Crippen molar-refractivity contribution in [2.24, 2.45) is 5.41 Å². The van der Waals surface area contributed by atoms with Gasteiger partial charge in [-0.15, -0.1) is 11.3 Å². The van der Waals surface area contributed by atoms with Crippen LogP contribution in [0, 0.1) is 5.41 Å². The summed E-state index contributed by atoms with van der Waals surface area (Å²) in [5.74, 6) is -0.865. The van der Waals surface area contributed by atoms with E-state index < -0.39 is 11.4 Å². The van der Waals surface area contributed by atoms with E-state index in [1.54, 1.807) is 24.0 Å². The highest BCUT2D eigenvalue weighted by Crippen LogP contribution is 2.31. The van der Waals surface area contributed by atoms with Gasteiger partial charge in [-0.1, -0.05) is 11.6 Å². The summed E-state index contributed by atoms with van der Waals surface area (Å²) in [5.41, 5.74) is -0.707. The maximum Gasteiger partial charge on any atom is 0.309 e. The van der Waals surface area contributed by atoms with Gasteiger partial charge in [-0.25, -0.2) is 0 Å². The summed E-state index contributed by atoms with van der Waals surface area (Å²) in [6.45, 7) is 2.70. The molecule has 1 fully saturated rings. The van der Waals surface area contributed by atoms with E-state index in [9.17, 15) is 9.59 Å². The number of hydrogen-bond donors (Lipinski definition) is 1. The van der Waals surface area contributed by atoms with E-state index in [4.69, 9.17) is 16.7 Å². The molecule has 2 heterocycles. The van der Waals surface area contributed by atoms with Gasteiger partial charge in [0.2, 0.25) is 5.91 Å². The van der Waals surface area contributed by atoms with Crippen molar-refractivity contribution in [3.8, 4) is 0 Å². The van der Waals surface area contributed by atoms with Crippen molar-refractivity contribution in [3.05, 3.63) is 27.4 Å². The summed E-state index contributed by atoms with van der Waals surface area (Å²) in [7, 11) is 0.